The molecular weight excluding hydrogens is 284 g/mol. The maximum Gasteiger partial charge on any atom is 0.142 e. The Morgan fingerprint density at radius 2 is 1.79 bits per heavy atom. The van der Waals surface area contributed by atoms with Crippen molar-refractivity contribution in [2.75, 3.05) is 0 Å². The second-order valence-corrected chi connectivity index (χ2v) is 5.25. The first-order chi connectivity index (χ1) is 9.06. The molecular formula is C15H14Cl2FN. The van der Waals surface area contributed by atoms with Gasteiger partial charge in [0.25, 0.3) is 0 Å². The number of hydrogen-bond donors (Lipinski definition) is 1. The van der Waals surface area contributed by atoms with Crippen molar-refractivity contribution < 1.29 is 4.39 Å². The van der Waals surface area contributed by atoms with Crippen LogP contribution in [0.2, 0.25) is 10.0 Å². The van der Waals surface area contributed by atoms with Crippen LogP contribution >= 0.6 is 23.2 Å². The fourth-order valence-electron chi connectivity index (χ4n) is 1.79. The zero-order valence-electron chi connectivity index (χ0n) is 10.5. The summed E-state index contributed by atoms with van der Waals surface area (Å²) in [5.41, 5.74) is 2.00. The summed E-state index contributed by atoms with van der Waals surface area (Å²) < 4.78 is 13.3. The maximum absolute atomic E-state index is 13.3. The lowest BCUT2D eigenvalue weighted by molar-refractivity contribution is 0.569. The van der Waals surface area contributed by atoms with Crippen LogP contribution in [0, 0.1) is 5.82 Å². The van der Waals surface area contributed by atoms with E-state index in [0.29, 0.717) is 6.54 Å². The van der Waals surface area contributed by atoms with Crippen LogP contribution in [-0.2, 0) is 6.54 Å². The molecule has 0 spiro atoms. The Balaban J connectivity index is 1.98. The SMILES string of the molecule is C[C@H](NCc1ccc(Cl)c(F)c1)c1ccc(Cl)cc1. The van der Waals surface area contributed by atoms with Gasteiger partial charge in [-0.3, -0.25) is 0 Å². The molecule has 1 nitrogen and oxygen atoms in total. The van der Waals surface area contributed by atoms with Gasteiger partial charge in [0.2, 0.25) is 0 Å². The molecule has 0 aliphatic rings. The number of hydrogen-bond acceptors (Lipinski definition) is 1. The van der Waals surface area contributed by atoms with Crippen molar-refractivity contribution in [3.05, 3.63) is 69.5 Å². The second-order valence-electron chi connectivity index (χ2n) is 4.40. The summed E-state index contributed by atoms with van der Waals surface area (Å²) >= 11 is 11.5. The minimum absolute atomic E-state index is 0.148. The van der Waals surface area contributed by atoms with E-state index >= 15 is 0 Å². The van der Waals surface area contributed by atoms with Gasteiger partial charge in [0.15, 0.2) is 0 Å². The van der Waals surface area contributed by atoms with E-state index in [1.54, 1.807) is 6.07 Å². The molecule has 0 unspecified atom stereocenters. The number of rotatable bonds is 4. The smallest absolute Gasteiger partial charge is 0.142 e. The molecule has 0 saturated heterocycles. The molecule has 0 radical (unpaired) electrons. The number of halogens is 3. The Morgan fingerprint density at radius 3 is 2.42 bits per heavy atom. The predicted octanol–water partition coefficient (Wildman–Crippen LogP) is 4.98. The van der Waals surface area contributed by atoms with E-state index < -0.39 is 0 Å². The van der Waals surface area contributed by atoms with Crippen LogP contribution < -0.4 is 5.32 Å². The zero-order valence-corrected chi connectivity index (χ0v) is 12.0. The summed E-state index contributed by atoms with van der Waals surface area (Å²) in [6.45, 7) is 2.63. The molecule has 4 heteroatoms. The molecule has 0 heterocycles. The van der Waals surface area contributed by atoms with Crippen LogP contribution in [0.15, 0.2) is 42.5 Å². The minimum atomic E-state index is -0.389. The molecule has 0 saturated carbocycles. The van der Waals surface area contributed by atoms with Crippen molar-refractivity contribution in [2.45, 2.75) is 19.5 Å². The van der Waals surface area contributed by atoms with Gasteiger partial charge in [0.05, 0.1) is 5.02 Å². The summed E-state index contributed by atoms with van der Waals surface area (Å²) in [7, 11) is 0. The van der Waals surface area contributed by atoms with E-state index in [2.05, 4.69) is 12.2 Å². The predicted molar refractivity (Wildman–Crippen MR) is 78.1 cm³/mol. The lowest BCUT2D eigenvalue weighted by Crippen LogP contribution is -2.18. The number of nitrogens with one attached hydrogen (secondary N) is 1. The van der Waals surface area contributed by atoms with Gasteiger partial charge in [-0.05, 0) is 42.3 Å². The van der Waals surface area contributed by atoms with Crippen molar-refractivity contribution >= 4 is 23.2 Å². The third-order valence-electron chi connectivity index (χ3n) is 2.97. The van der Waals surface area contributed by atoms with E-state index in [9.17, 15) is 4.39 Å². The molecule has 0 aromatic heterocycles. The van der Waals surface area contributed by atoms with Gasteiger partial charge >= 0.3 is 0 Å². The summed E-state index contributed by atoms with van der Waals surface area (Å²) in [4.78, 5) is 0. The summed E-state index contributed by atoms with van der Waals surface area (Å²) in [5.74, 6) is -0.389. The highest BCUT2D eigenvalue weighted by molar-refractivity contribution is 6.30. The van der Waals surface area contributed by atoms with Crippen LogP contribution in [0.5, 0.6) is 0 Å². The van der Waals surface area contributed by atoms with E-state index in [0.717, 1.165) is 16.1 Å². The molecule has 0 aliphatic heterocycles. The zero-order chi connectivity index (χ0) is 13.8. The van der Waals surface area contributed by atoms with Crippen LogP contribution in [0.3, 0.4) is 0 Å². The molecule has 100 valence electrons. The van der Waals surface area contributed by atoms with Crippen molar-refractivity contribution in [1.82, 2.24) is 5.32 Å². The first-order valence-electron chi connectivity index (χ1n) is 5.99. The van der Waals surface area contributed by atoms with Gasteiger partial charge in [-0.1, -0.05) is 41.4 Å². The number of benzene rings is 2. The Hall–Kier alpha value is -1.09. The van der Waals surface area contributed by atoms with Crippen molar-refractivity contribution in [1.29, 1.82) is 0 Å². The largest absolute Gasteiger partial charge is 0.306 e. The summed E-state index contributed by atoms with van der Waals surface area (Å²) in [5, 5.41) is 4.19. The van der Waals surface area contributed by atoms with Gasteiger partial charge < -0.3 is 5.32 Å². The molecule has 0 amide bonds. The third-order valence-corrected chi connectivity index (χ3v) is 3.52. The van der Waals surface area contributed by atoms with Gasteiger partial charge in [0, 0.05) is 17.6 Å². The van der Waals surface area contributed by atoms with Crippen LogP contribution in [0.1, 0.15) is 24.1 Å². The summed E-state index contributed by atoms with van der Waals surface area (Å²) in [6, 6.07) is 12.7. The van der Waals surface area contributed by atoms with Crippen molar-refractivity contribution in [3.63, 3.8) is 0 Å². The first kappa shape index (κ1) is 14.3. The van der Waals surface area contributed by atoms with E-state index in [1.807, 2.05) is 30.3 Å². The standard InChI is InChI=1S/C15H14Cl2FN/c1-10(12-3-5-13(16)6-4-12)19-9-11-2-7-14(17)15(18)8-11/h2-8,10,19H,9H2,1H3/t10-/m0/s1. The highest BCUT2D eigenvalue weighted by Gasteiger charge is 2.06. The topological polar surface area (TPSA) is 12.0 Å². The van der Waals surface area contributed by atoms with Gasteiger partial charge in [-0.15, -0.1) is 0 Å². The average molecular weight is 298 g/mol. The maximum atomic E-state index is 13.3. The van der Waals surface area contributed by atoms with Crippen LogP contribution in [0.4, 0.5) is 4.39 Å². The van der Waals surface area contributed by atoms with Crippen LogP contribution in [0.25, 0.3) is 0 Å². The molecule has 2 aromatic carbocycles. The monoisotopic (exact) mass is 297 g/mol. The lowest BCUT2D eigenvalue weighted by atomic mass is 10.1. The Kier molecular flexibility index (Phi) is 4.81. The third kappa shape index (κ3) is 3.93. The molecule has 0 aliphatic carbocycles. The van der Waals surface area contributed by atoms with Gasteiger partial charge in [-0.25, -0.2) is 4.39 Å². The van der Waals surface area contributed by atoms with Gasteiger partial charge in [-0.2, -0.15) is 0 Å². The van der Waals surface area contributed by atoms with Crippen molar-refractivity contribution in [2.24, 2.45) is 0 Å². The van der Waals surface area contributed by atoms with E-state index in [1.165, 1.54) is 6.07 Å². The molecule has 2 rings (SSSR count). The average Bonchev–Trinajstić information content (AvgIpc) is 2.40. The summed E-state index contributed by atoms with van der Waals surface area (Å²) in [6.07, 6.45) is 0. The fourth-order valence-corrected chi connectivity index (χ4v) is 2.03. The molecule has 1 N–H and O–H groups in total. The van der Waals surface area contributed by atoms with E-state index in [-0.39, 0.29) is 16.9 Å². The van der Waals surface area contributed by atoms with Crippen molar-refractivity contribution in [3.8, 4) is 0 Å². The quantitative estimate of drug-likeness (QED) is 0.839. The Labute approximate surface area is 122 Å². The highest BCUT2D eigenvalue weighted by Crippen LogP contribution is 2.18. The normalized spacial score (nSPS) is 12.4. The minimum Gasteiger partial charge on any atom is -0.306 e. The van der Waals surface area contributed by atoms with E-state index in [4.69, 9.17) is 23.2 Å². The van der Waals surface area contributed by atoms with Gasteiger partial charge in [0.1, 0.15) is 5.82 Å². The Morgan fingerprint density at radius 1 is 1.11 bits per heavy atom. The molecule has 2 aromatic rings. The molecule has 0 fully saturated rings. The molecule has 0 bridgehead atoms. The second kappa shape index (κ2) is 6.38. The van der Waals surface area contributed by atoms with Crippen LogP contribution in [-0.4, -0.2) is 0 Å². The fraction of sp³-hybridized carbons (Fsp3) is 0.200. The highest BCUT2D eigenvalue weighted by atomic mass is 35.5. The lowest BCUT2D eigenvalue weighted by Gasteiger charge is -2.14. The Bertz CT molecular complexity index is 555. The molecule has 1 atom stereocenters. The first-order valence-corrected chi connectivity index (χ1v) is 6.74. The molecule has 19 heavy (non-hydrogen) atoms.